The molecule has 1 aromatic carbocycles. The van der Waals surface area contributed by atoms with Gasteiger partial charge >= 0.3 is 130 Å². The van der Waals surface area contributed by atoms with Crippen molar-refractivity contribution in [3.05, 3.63) is 42.0 Å². The molecule has 0 bridgehead atoms. The zero-order valence-electron chi connectivity index (χ0n) is 10.9. The molecule has 2 rings (SSSR count). The van der Waals surface area contributed by atoms with Crippen molar-refractivity contribution in [2.75, 3.05) is 0 Å². The van der Waals surface area contributed by atoms with Crippen LogP contribution in [0.5, 0.6) is 0 Å². The Kier molecular flexibility index (Phi) is 5.40. The Hall–Kier alpha value is 0.0300. The first-order valence-corrected chi connectivity index (χ1v) is 10.4. The molecule has 0 spiro atoms. The first-order chi connectivity index (χ1) is 8.98. The molecule has 106 valence electrons. The summed E-state index contributed by atoms with van der Waals surface area (Å²) in [5.74, 6) is 0. The maximum absolute atomic E-state index is 14.3. The Balaban J connectivity index is 2.01. The van der Waals surface area contributed by atoms with Crippen LogP contribution in [-0.2, 0) is 0 Å². The minimum absolute atomic E-state index is 0.330. The molecule has 1 aromatic rings. The van der Waals surface area contributed by atoms with Crippen molar-refractivity contribution in [3.8, 4) is 0 Å². The Bertz CT molecular complexity index is 450. The Morgan fingerprint density at radius 2 is 1.89 bits per heavy atom. The van der Waals surface area contributed by atoms with Crippen molar-refractivity contribution in [2.45, 2.75) is 44.7 Å². The molecule has 1 fully saturated rings. The summed E-state index contributed by atoms with van der Waals surface area (Å²) in [6.45, 7) is 1.99. The minimum atomic E-state index is -2.79. The molecule has 0 atom stereocenters. The van der Waals surface area contributed by atoms with Gasteiger partial charge in [-0.1, -0.05) is 0 Å². The molecule has 0 aliphatic heterocycles. The van der Waals surface area contributed by atoms with E-state index in [1.54, 1.807) is 4.08 Å². The summed E-state index contributed by atoms with van der Waals surface area (Å²) in [7, 11) is 0. The van der Waals surface area contributed by atoms with E-state index in [1.807, 2.05) is 31.2 Å². The second kappa shape index (κ2) is 6.66. The third-order valence-corrected chi connectivity index (χ3v) is 7.99. The number of hydrogen-bond donors (Lipinski definition) is 0. The fraction of sp³-hybridized carbons (Fsp3) is 0.467. The van der Waals surface area contributed by atoms with Gasteiger partial charge in [-0.05, 0) is 0 Å². The van der Waals surface area contributed by atoms with Crippen molar-refractivity contribution in [3.63, 3.8) is 0 Å². The molecule has 1 saturated carbocycles. The number of aryl methyl sites for hydroxylation is 1. The summed E-state index contributed by atoms with van der Waals surface area (Å²) in [4.78, 5) is 0. The van der Waals surface area contributed by atoms with Gasteiger partial charge in [-0.3, -0.25) is 0 Å². The van der Waals surface area contributed by atoms with Crippen molar-refractivity contribution in [2.24, 2.45) is 0 Å². The van der Waals surface area contributed by atoms with Crippen LogP contribution in [0.1, 0.15) is 37.7 Å². The number of rotatable bonds is 4. The average Bonchev–Trinajstić information content (AvgIpc) is 2.76. The van der Waals surface area contributed by atoms with Gasteiger partial charge in [-0.15, -0.1) is 0 Å². The van der Waals surface area contributed by atoms with E-state index in [0.29, 0.717) is 23.7 Å². The zero-order valence-corrected chi connectivity index (χ0v) is 14.7. The van der Waals surface area contributed by atoms with Crippen LogP contribution in [0.2, 0.25) is 0 Å². The molecule has 0 nitrogen and oxygen atoms in total. The number of benzene rings is 1. The van der Waals surface area contributed by atoms with Gasteiger partial charge in [0.25, 0.3) is 0 Å². The zero-order chi connectivity index (χ0) is 13.9. The molecule has 0 heterocycles. The van der Waals surface area contributed by atoms with E-state index in [0.717, 1.165) is 22.0 Å². The molecule has 1 aliphatic rings. The molecule has 1 aliphatic carbocycles. The van der Waals surface area contributed by atoms with Crippen LogP contribution >= 0.6 is 36.3 Å². The van der Waals surface area contributed by atoms with Gasteiger partial charge in [0.1, 0.15) is 0 Å². The fourth-order valence-corrected chi connectivity index (χ4v) is 6.09. The van der Waals surface area contributed by atoms with Crippen LogP contribution in [-0.4, -0.2) is 5.67 Å². The van der Waals surface area contributed by atoms with Gasteiger partial charge in [0.15, 0.2) is 0 Å². The molecule has 19 heavy (non-hydrogen) atoms. The summed E-state index contributed by atoms with van der Waals surface area (Å²) in [6.07, 6.45) is 3.46. The van der Waals surface area contributed by atoms with Crippen LogP contribution in [0.15, 0.2) is 32.8 Å². The monoisotopic (exact) mass is 442 g/mol. The van der Waals surface area contributed by atoms with E-state index in [-0.39, 0.29) is 0 Å². The quantitative estimate of drug-likeness (QED) is 0.469. The molecule has 0 radical (unpaired) electrons. The summed E-state index contributed by atoms with van der Waals surface area (Å²) >= 11 is 0.568. The third kappa shape index (κ3) is 4.52. The van der Waals surface area contributed by atoms with E-state index in [1.165, 1.54) is 0 Å². The third-order valence-electron chi connectivity index (χ3n) is 3.42. The summed E-state index contributed by atoms with van der Waals surface area (Å²) in [5.41, 5.74) is 0.0179. The molecule has 4 heteroatoms. The molecular weight excluding hydrogens is 425 g/mol. The SMILES string of the molecule is Cc1ccc(I(F)/C=C(/Br)CC2(F)CCCC2)cc1. The van der Waals surface area contributed by atoms with Gasteiger partial charge in [-0.25, -0.2) is 0 Å². The van der Waals surface area contributed by atoms with Crippen LogP contribution in [0.25, 0.3) is 0 Å². The standard InChI is InChI=1S/C15H18BrF2I/c1-12-4-6-14(7-5-12)19(18)11-13(16)10-15(17)8-2-3-9-15/h4-7,11H,2-3,8-10H2,1H3/b13-11+. The normalized spacial score (nSPS) is 19.6. The molecule has 0 N–H and O–H groups in total. The first-order valence-electron chi connectivity index (χ1n) is 6.45. The van der Waals surface area contributed by atoms with Gasteiger partial charge in [0.05, 0.1) is 0 Å². The van der Waals surface area contributed by atoms with E-state index in [4.69, 9.17) is 0 Å². The Labute approximate surface area is 130 Å². The van der Waals surface area contributed by atoms with Gasteiger partial charge in [-0.2, -0.15) is 0 Å². The number of halogens is 4. The maximum atomic E-state index is 14.3. The summed E-state index contributed by atoms with van der Waals surface area (Å²) in [6, 6.07) is 7.54. The van der Waals surface area contributed by atoms with Crippen LogP contribution in [0, 0.1) is 10.5 Å². The van der Waals surface area contributed by atoms with E-state index >= 15 is 0 Å². The predicted octanol–water partition coefficient (Wildman–Crippen LogP) is 6.46. The van der Waals surface area contributed by atoms with Crippen LogP contribution < -0.4 is 0 Å². The van der Waals surface area contributed by atoms with E-state index in [9.17, 15) is 7.25 Å². The second-order valence-electron chi connectivity index (χ2n) is 5.15. The molecule has 0 unspecified atom stereocenters. The van der Waals surface area contributed by atoms with Crippen molar-refractivity contribution >= 4 is 36.3 Å². The fourth-order valence-electron chi connectivity index (χ4n) is 2.35. The number of allylic oxidation sites excluding steroid dienone is 1. The van der Waals surface area contributed by atoms with Crippen LogP contribution in [0.3, 0.4) is 0 Å². The van der Waals surface area contributed by atoms with Crippen molar-refractivity contribution in [1.29, 1.82) is 0 Å². The average molecular weight is 443 g/mol. The van der Waals surface area contributed by atoms with Crippen molar-refractivity contribution in [1.82, 2.24) is 0 Å². The van der Waals surface area contributed by atoms with Gasteiger partial charge in [0.2, 0.25) is 0 Å². The van der Waals surface area contributed by atoms with E-state index in [2.05, 4.69) is 15.9 Å². The van der Waals surface area contributed by atoms with Gasteiger partial charge in [0, 0.05) is 0 Å². The Morgan fingerprint density at radius 3 is 2.47 bits per heavy atom. The summed E-state index contributed by atoms with van der Waals surface area (Å²) < 4.78 is 31.6. The number of hydrogen-bond acceptors (Lipinski definition) is 0. The van der Waals surface area contributed by atoms with Crippen LogP contribution in [0.4, 0.5) is 7.25 Å². The number of alkyl halides is 1. The van der Waals surface area contributed by atoms with Crippen molar-refractivity contribution < 1.29 is 7.25 Å². The predicted molar refractivity (Wildman–Crippen MR) is 88.9 cm³/mol. The molecular formula is C15H18BrF2I. The van der Waals surface area contributed by atoms with Gasteiger partial charge < -0.3 is 0 Å². The Morgan fingerprint density at radius 1 is 1.32 bits per heavy atom. The first kappa shape index (κ1) is 15.4. The molecule has 0 saturated heterocycles. The summed E-state index contributed by atoms with van der Waals surface area (Å²) in [5, 5.41) is 0. The van der Waals surface area contributed by atoms with E-state index < -0.39 is 26.1 Å². The second-order valence-corrected chi connectivity index (χ2v) is 9.54. The topological polar surface area (TPSA) is 0 Å². The molecule has 0 amide bonds. The molecule has 0 aromatic heterocycles.